The Morgan fingerprint density at radius 3 is 2.45 bits per heavy atom. The maximum atomic E-state index is 12.9. The molecule has 0 aliphatic carbocycles. The highest BCUT2D eigenvalue weighted by atomic mass is 19.4. The third kappa shape index (κ3) is 5.60. The molecular weight excluding hydrogens is 411 g/mol. The lowest BCUT2D eigenvalue weighted by atomic mass is 10.1. The van der Waals surface area contributed by atoms with Crippen molar-refractivity contribution < 1.29 is 27.4 Å². The van der Waals surface area contributed by atoms with Crippen molar-refractivity contribution in [2.75, 3.05) is 44.3 Å². The van der Waals surface area contributed by atoms with Crippen molar-refractivity contribution in [2.45, 2.75) is 13.1 Å². The number of anilines is 1. The summed E-state index contributed by atoms with van der Waals surface area (Å²) in [6.07, 6.45) is -4.39. The Bertz CT molecular complexity index is 964. The zero-order valence-corrected chi connectivity index (χ0v) is 17.0. The van der Waals surface area contributed by atoms with Gasteiger partial charge in [-0.2, -0.15) is 18.4 Å². The zero-order valence-electron chi connectivity index (χ0n) is 17.0. The zero-order chi connectivity index (χ0) is 22.4. The Kier molecular flexibility index (Phi) is 6.90. The largest absolute Gasteiger partial charge is 0.490 e. The van der Waals surface area contributed by atoms with Crippen LogP contribution in [0, 0.1) is 11.3 Å². The Labute approximate surface area is 178 Å². The standard InChI is InChI=1S/C22H22F3N3O3/c1-2-30-20-12-16(14-26)6-7-19(20)31-15-21(29)28-10-8-27(9-11-28)18-5-3-4-17(13-18)22(23,24)25/h3-7,12-13H,2,8-11,15H2,1H3. The predicted molar refractivity (Wildman–Crippen MR) is 108 cm³/mol. The van der Waals surface area contributed by atoms with Gasteiger partial charge in [-0.1, -0.05) is 6.07 Å². The van der Waals surface area contributed by atoms with E-state index >= 15 is 0 Å². The molecule has 1 aliphatic rings. The smallest absolute Gasteiger partial charge is 0.416 e. The van der Waals surface area contributed by atoms with Crippen molar-refractivity contribution in [3.63, 3.8) is 0 Å². The number of hydrogen-bond donors (Lipinski definition) is 0. The molecule has 6 nitrogen and oxygen atoms in total. The van der Waals surface area contributed by atoms with Crippen molar-refractivity contribution in [2.24, 2.45) is 0 Å². The molecule has 1 saturated heterocycles. The highest BCUT2D eigenvalue weighted by molar-refractivity contribution is 5.78. The van der Waals surface area contributed by atoms with Gasteiger partial charge in [-0.15, -0.1) is 0 Å². The summed E-state index contributed by atoms with van der Waals surface area (Å²) in [6.45, 7) is 3.60. The number of benzene rings is 2. The number of rotatable bonds is 6. The number of nitriles is 1. The van der Waals surface area contributed by atoms with E-state index in [9.17, 15) is 18.0 Å². The number of carbonyl (C=O) groups excluding carboxylic acids is 1. The molecule has 0 atom stereocenters. The molecule has 0 saturated carbocycles. The maximum Gasteiger partial charge on any atom is 0.416 e. The molecule has 2 aromatic rings. The highest BCUT2D eigenvalue weighted by Gasteiger charge is 2.31. The molecule has 0 unspecified atom stereocenters. The second-order valence-electron chi connectivity index (χ2n) is 6.91. The molecular formula is C22H22F3N3O3. The molecule has 0 aromatic heterocycles. The lowest BCUT2D eigenvalue weighted by molar-refractivity contribution is -0.137. The summed E-state index contributed by atoms with van der Waals surface area (Å²) in [4.78, 5) is 16.0. The summed E-state index contributed by atoms with van der Waals surface area (Å²) in [5, 5.41) is 9.00. The summed E-state index contributed by atoms with van der Waals surface area (Å²) in [5.74, 6) is 0.538. The first kappa shape index (κ1) is 22.3. The summed E-state index contributed by atoms with van der Waals surface area (Å²) in [5.41, 5.74) is 0.217. The molecule has 1 aliphatic heterocycles. The summed E-state index contributed by atoms with van der Waals surface area (Å²) >= 11 is 0. The first-order chi connectivity index (χ1) is 14.8. The van der Waals surface area contributed by atoms with E-state index in [2.05, 4.69) is 0 Å². The van der Waals surface area contributed by atoms with Gasteiger partial charge in [0.15, 0.2) is 18.1 Å². The van der Waals surface area contributed by atoms with Crippen LogP contribution in [0.4, 0.5) is 18.9 Å². The Hall–Kier alpha value is -3.41. The van der Waals surface area contributed by atoms with E-state index in [4.69, 9.17) is 14.7 Å². The molecule has 1 fully saturated rings. The van der Waals surface area contributed by atoms with Gasteiger partial charge < -0.3 is 19.3 Å². The Morgan fingerprint density at radius 1 is 1.06 bits per heavy atom. The van der Waals surface area contributed by atoms with Gasteiger partial charge in [0, 0.05) is 37.9 Å². The molecule has 2 aromatic carbocycles. The van der Waals surface area contributed by atoms with Crippen LogP contribution in [-0.2, 0) is 11.0 Å². The van der Waals surface area contributed by atoms with E-state index in [1.807, 2.05) is 11.0 Å². The van der Waals surface area contributed by atoms with Crippen LogP contribution in [-0.4, -0.2) is 50.2 Å². The van der Waals surface area contributed by atoms with Gasteiger partial charge in [-0.25, -0.2) is 0 Å². The van der Waals surface area contributed by atoms with Crippen LogP contribution in [0.2, 0.25) is 0 Å². The van der Waals surface area contributed by atoms with Crippen LogP contribution < -0.4 is 14.4 Å². The van der Waals surface area contributed by atoms with Crippen LogP contribution >= 0.6 is 0 Å². The van der Waals surface area contributed by atoms with E-state index in [0.717, 1.165) is 12.1 Å². The second kappa shape index (κ2) is 9.60. The van der Waals surface area contributed by atoms with Crippen LogP contribution in [0.5, 0.6) is 11.5 Å². The average molecular weight is 433 g/mol. The fraction of sp³-hybridized carbons (Fsp3) is 0.364. The SMILES string of the molecule is CCOc1cc(C#N)ccc1OCC(=O)N1CCN(c2cccc(C(F)(F)F)c2)CC1. The minimum atomic E-state index is -4.39. The van der Waals surface area contributed by atoms with Crippen molar-refractivity contribution in [3.8, 4) is 17.6 Å². The van der Waals surface area contributed by atoms with E-state index in [1.165, 1.54) is 6.07 Å². The fourth-order valence-corrected chi connectivity index (χ4v) is 3.29. The molecule has 164 valence electrons. The summed E-state index contributed by atoms with van der Waals surface area (Å²) in [7, 11) is 0. The number of ether oxygens (including phenoxy) is 2. The second-order valence-corrected chi connectivity index (χ2v) is 6.91. The van der Waals surface area contributed by atoms with Crippen LogP contribution in [0.1, 0.15) is 18.1 Å². The first-order valence-corrected chi connectivity index (χ1v) is 9.81. The number of hydrogen-bond acceptors (Lipinski definition) is 5. The maximum absolute atomic E-state index is 12.9. The molecule has 0 radical (unpaired) electrons. The average Bonchev–Trinajstić information content (AvgIpc) is 2.78. The monoisotopic (exact) mass is 433 g/mol. The molecule has 3 rings (SSSR count). The topological polar surface area (TPSA) is 65.8 Å². The minimum absolute atomic E-state index is 0.199. The van der Waals surface area contributed by atoms with Crippen molar-refractivity contribution >= 4 is 11.6 Å². The third-order valence-electron chi connectivity index (χ3n) is 4.89. The van der Waals surface area contributed by atoms with Crippen LogP contribution in [0.15, 0.2) is 42.5 Å². The Balaban J connectivity index is 1.56. The highest BCUT2D eigenvalue weighted by Crippen LogP contribution is 2.32. The number of nitrogens with zero attached hydrogens (tertiary/aromatic N) is 3. The van der Waals surface area contributed by atoms with Gasteiger partial charge >= 0.3 is 6.18 Å². The van der Waals surface area contributed by atoms with Gasteiger partial charge in [0.05, 0.1) is 23.8 Å². The van der Waals surface area contributed by atoms with Gasteiger partial charge in [-0.05, 0) is 37.3 Å². The van der Waals surface area contributed by atoms with Gasteiger partial charge in [0.25, 0.3) is 5.91 Å². The molecule has 0 N–H and O–H groups in total. The Morgan fingerprint density at radius 2 is 1.81 bits per heavy atom. The minimum Gasteiger partial charge on any atom is -0.490 e. The summed E-state index contributed by atoms with van der Waals surface area (Å²) < 4.78 is 49.9. The van der Waals surface area contributed by atoms with E-state index in [0.29, 0.717) is 55.5 Å². The van der Waals surface area contributed by atoms with Gasteiger partial charge in [0.1, 0.15) is 0 Å². The van der Waals surface area contributed by atoms with E-state index in [1.54, 1.807) is 36.1 Å². The molecule has 9 heteroatoms. The van der Waals surface area contributed by atoms with E-state index < -0.39 is 11.7 Å². The number of halogens is 3. The van der Waals surface area contributed by atoms with Crippen molar-refractivity contribution in [1.82, 2.24) is 4.90 Å². The van der Waals surface area contributed by atoms with Crippen LogP contribution in [0.25, 0.3) is 0 Å². The van der Waals surface area contributed by atoms with Crippen molar-refractivity contribution in [1.29, 1.82) is 5.26 Å². The quantitative estimate of drug-likeness (QED) is 0.695. The number of carbonyl (C=O) groups is 1. The lowest BCUT2D eigenvalue weighted by Crippen LogP contribution is -2.50. The van der Waals surface area contributed by atoms with Crippen LogP contribution in [0.3, 0.4) is 0 Å². The fourth-order valence-electron chi connectivity index (χ4n) is 3.29. The van der Waals surface area contributed by atoms with Crippen molar-refractivity contribution in [3.05, 3.63) is 53.6 Å². The first-order valence-electron chi connectivity index (χ1n) is 9.81. The number of amides is 1. The lowest BCUT2D eigenvalue weighted by Gasteiger charge is -2.36. The normalized spacial score (nSPS) is 14.2. The molecule has 1 amide bonds. The number of alkyl halides is 3. The third-order valence-corrected chi connectivity index (χ3v) is 4.89. The van der Waals surface area contributed by atoms with E-state index in [-0.39, 0.29) is 12.5 Å². The molecule has 0 bridgehead atoms. The summed E-state index contributed by atoms with van der Waals surface area (Å²) in [6, 6.07) is 11.9. The molecule has 0 spiro atoms. The molecule has 31 heavy (non-hydrogen) atoms. The predicted octanol–water partition coefficient (Wildman–Crippen LogP) is 3.70. The number of piperazine rings is 1. The van der Waals surface area contributed by atoms with Gasteiger partial charge in [-0.3, -0.25) is 4.79 Å². The molecule has 1 heterocycles. The van der Waals surface area contributed by atoms with Gasteiger partial charge in [0.2, 0.25) is 0 Å².